The van der Waals surface area contributed by atoms with Crippen molar-refractivity contribution in [1.82, 2.24) is 9.80 Å². The van der Waals surface area contributed by atoms with Gasteiger partial charge in [-0.3, -0.25) is 9.80 Å². The summed E-state index contributed by atoms with van der Waals surface area (Å²) in [6, 6.07) is 0. The third-order valence-electron chi connectivity index (χ3n) is 7.59. The van der Waals surface area contributed by atoms with Gasteiger partial charge in [0.1, 0.15) is 0 Å². The summed E-state index contributed by atoms with van der Waals surface area (Å²) >= 11 is 0. The molecule has 2 nitrogen and oxygen atoms in total. The second kappa shape index (κ2) is 7.50. The summed E-state index contributed by atoms with van der Waals surface area (Å²) < 4.78 is 0. The molecule has 0 aromatic carbocycles. The summed E-state index contributed by atoms with van der Waals surface area (Å²) in [5.41, 5.74) is 1.29. The first-order chi connectivity index (χ1) is 11.0. The molecular weight excluding hydrogens is 304 g/mol. The van der Waals surface area contributed by atoms with Crippen molar-refractivity contribution in [3.63, 3.8) is 0 Å². The maximum absolute atomic E-state index is 2.74. The lowest BCUT2D eigenvalue weighted by molar-refractivity contribution is -0.0399. The molecule has 1 aliphatic heterocycles. The standard InChI is InChI=1S/C23H48N2/c1-18(20(3,4)5)17-22(9,10)24-13-15-25(16-14-24)23(11,12)19(2)21(6,7)8/h18-19H,13-17H2,1-12H3. The van der Waals surface area contributed by atoms with Gasteiger partial charge in [0.15, 0.2) is 0 Å². The molecule has 1 aliphatic rings. The molecule has 0 aliphatic carbocycles. The highest BCUT2D eigenvalue weighted by molar-refractivity contribution is 4.96. The first-order valence-electron chi connectivity index (χ1n) is 10.5. The highest BCUT2D eigenvalue weighted by atomic mass is 15.3. The van der Waals surface area contributed by atoms with Crippen LogP contribution in [0.15, 0.2) is 0 Å². The molecule has 0 amide bonds. The Hall–Kier alpha value is -0.0800. The average Bonchev–Trinajstić information content (AvgIpc) is 2.44. The van der Waals surface area contributed by atoms with E-state index in [9.17, 15) is 0 Å². The minimum absolute atomic E-state index is 0.257. The van der Waals surface area contributed by atoms with Gasteiger partial charge in [0.2, 0.25) is 0 Å². The molecule has 0 N–H and O–H groups in total. The van der Waals surface area contributed by atoms with Crippen LogP contribution in [0.5, 0.6) is 0 Å². The molecule has 0 aromatic rings. The zero-order chi connectivity index (χ0) is 19.8. The Kier molecular flexibility index (Phi) is 6.89. The van der Waals surface area contributed by atoms with Crippen molar-refractivity contribution in [3.8, 4) is 0 Å². The Morgan fingerprint density at radius 1 is 0.640 bits per heavy atom. The molecule has 1 heterocycles. The minimum Gasteiger partial charge on any atom is -0.296 e. The molecule has 2 atom stereocenters. The first kappa shape index (κ1) is 23.0. The molecule has 0 saturated carbocycles. The Bertz CT molecular complexity index is 414. The largest absolute Gasteiger partial charge is 0.296 e. The van der Waals surface area contributed by atoms with Gasteiger partial charge in [0.05, 0.1) is 0 Å². The molecule has 1 fully saturated rings. The molecule has 1 saturated heterocycles. The molecule has 2 unspecified atom stereocenters. The highest BCUT2D eigenvalue weighted by Gasteiger charge is 2.41. The summed E-state index contributed by atoms with van der Waals surface area (Å²) in [7, 11) is 0. The van der Waals surface area contributed by atoms with Crippen LogP contribution in [0.1, 0.15) is 89.5 Å². The van der Waals surface area contributed by atoms with E-state index in [2.05, 4.69) is 92.9 Å². The van der Waals surface area contributed by atoms with E-state index in [0.717, 1.165) is 5.92 Å². The van der Waals surface area contributed by atoms with Gasteiger partial charge in [-0.2, -0.15) is 0 Å². The lowest BCUT2D eigenvalue weighted by Crippen LogP contribution is -2.62. The molecule has 0 bridgehead atoms. The van der Waals surface area contributed by atoms with Gasteiger partial charge in [0.25, 0.3) is 0 Å². The van der Waals surface area contributed by atoms with Gasteiger partial charge in [-0.15, -0.1) is 0 Å². The molecule has 150 valence electrons. The number of rotatable bonds is 5. The topological polar surface area (TPSA) is 6.48 Å². The fraction of sp³-hybridized carbons (Fsp3) is 1.00. The molecule has 0 spiro atoms. The van der Waals surface area contributed by atoms with Gasteiger partial charge >= 0.3 is 0 Å². The Morgan fingerprint density at radius 2 is 1.04 bits per heavy atom. The Morgan fingerprint density at radius 3 is 1.40 bits per heavy atom. The van der Waals surface area contributed by atoms with E-state index in [-0.39, 0.29) is 5.54 Å². The van der Waals surface area contributed by atoms with Crippen LogP contribution in [-0.4, -0.2) is 47.1 Å². The summed E-state index contributed by atoms with van der Waals surface area (Å²) in [4.78, 5) is 5.48. The normalized spacial score (nSPS) is 22.1. The van der Waals surface area contributed by atoms with Crippen LogP contribution >= 0.6 is 0 Å². The third kappa shape index (κ3) is 5.70. The summed E-state index contributed by atoms with van der Waals surface area (Å²) in [5, 5.41) is 0. The van der Waals surface area contributed by atoms with Crippen LogP contribution in [0.2, 0.25) is 0 Å². The number of piperazine rings is 1. The van der Waals surface area contributed by atoms with Crippen molar-refractivity contribution in [2.75, 3.05) is 26.2 Å². The van der Waals surface area contributed by atoms with Crippen LogP contribution in [0, 0.1) is 22.7 Å². The van der Waals surface area contributed by atoms with Gasteiger partial charge in [-0.05, 0) is 56.8 Å². The monoisotopic (exact) mass is 352 g/mol. The fourth-order valence-electron chi connectivity index (χ4n) is 4.41. The van der Waals surface area contributed by atoms with Crippen LogP contribution in [-0.2, 0) is 0 Å². The lowest BCUT2D eigenvalue weighted by Gasteiger charge is -2.53. The second-order valence-corrected chi connectivity index (χ2v) is 12.0. The van der Waals surface area contributed by atoms with Crippen LogP contribution in [0.25, 0.3) is 0 Å². The number of hydrogen-bond donors (Lipinski definition) is 0. The van der Waals surface area contributed by atoms with Gasteiger partial charge in [-0.25, -0.2) is 0 Å². The van der Waals surface area contributed by atoms with E-state index in [1.807, 2.05) is 0 Å². The second-order valence-electron chi connectivity index (χ2n) is 12.0. The summed E-state index contributed by atoms with van der Waals surface area (Å²) in [6.45, 7) is 33.7. The first-order valence-corrected chi connectivity index (χ1v) is 10.5. The molecule has 0 radical (unpaired) electrons. The van der Waals surface area contributed by atoms with Crippen molar-refractivity contribution in [1.29, 1.82) is 0 Å². The van der Waals surface area contributed by atoms with E-state index < -0.39 is 0 Å². The predicted octanol–water partition coefficient (Wildman–Crippen LogP) is 5.92. The minimum atomic E-state index is 0.257. The molecule has 2 heteroatoms. The van der Waals surface area contributed by atoms with E-state index in [0.29, 0.717) is 22.3 Å². The molecule has 1 rings (SSSR count). The summed E-state index contributed by atoms with van der Waals surface area (Å²) in [5.74, 6) is 1.40. The van der Waals surface area contributed by atoms with Crippen molar-refractivity contribution in [3.05, 3.63) is 0 Å². The van der Waals surface area contributed by atoms with Crippen molar-refractivity contribution >= 4 is 0 Å². The molecule has 25 heavy (non-hydrogen) atoms. The molecule has 0 aromatic heterocycles. The fourth-order valence-corrected chi connectivity index (χ4v) is 4.41. The van der Waals surface area contributed by atoms with Gasteiger partial charge < -0.3 is 0 Å². The van der Waals surface area contributed by atoms with Crippen molar-refractivity contribution in [2.24, 2.45) is 22.7 Å². The SMILES string of the molecule is CC(CC(C)(C)N1CCN(C(C)(C)C(C)C(C)(C)C)CC1)C(C)(C)C. The maximum Gasteiger partial charge on any atom is 0.0184 e. The van der Waals surface area contributed by atoms with Crippen molar-refractivity contribution < 1.29 is 0 Å². The highest BCUT2D eigenvalue weighted by Crippen LogP contribution is 2.39. The zero-order valence-electron chi connectivity index (χ0n) is 19.6. The van der Waals surface area contributed by atoms with E-state index >= 15 is 0 Å². The number of hydrogen-bond acceptors (Lipinski definition) is 2. The predicted molar refractivity (Wildman–Crippen MR) is 113 cm³/mol. The molecular formula is C23H48N2. The quantitative estimate of drug-likeness (QED) is 0.606. The maximum atomic E-state index is 2.74. The van der Waals surface area contributed by atoms with Crippen molar-refractivity contribution in [2.45, 2.75) is 101 Å². The smallest absolute Gasteiger partial charge is 0.0184 e. The van der Waals surface area contributed by atoms with Gasteiger partial charge in [0, 0.05) is 37.3 Å². The zero-order valence-corrected chi connectivity index (χ0v) is 19.6. The average molecular weight is 353 g/mol. The Labute approximate surface area is 159 Å². The van der Waals surface area contributed by atoms with E-state index in [1.165, 1.54) is 32.6 Å². The van der Waals surface area contributed by atoms with E-state index in [1.54, 1.807) is 0 Å². The Balaban J connectivity index is 2.72. The lowest BCUT2D eigenvalue weighted by atomic mass is 9.70. The van der Waals surface area contributed by atoms with Crippen LogP contribution < -0.4 is 0 Å². The van der Waals surface area contributed by atoms with E-state index in [4.69, 9.17) is 0 Å². The van der Waals surface area contributed by atoms with Crippen LogP contribution in [0.4, 0.5) is 0 Å². The summed E-state index contributed by atoms with van der Waals surface area (Å²) in [6.07, 6.45) is 1.28. The number of nitrogens with zero attached hydrogens (tertiary/aromatic N) is 2. The third-order valence-corrected chi connectivity index (χ3v) is 7.59. The van der Waals surface area contributed by atoms with Gasteiger partial charge in [-0.1, -0.05) is 55.4 Å². The van der Waals surface area contributed by atoms with Crippen LogP contribution in [0.3, 0.4) is 0 Å².